The first-order valence-electron chi connectivity index (χ1n) is 8.54. The van der Waals surface area contributed by atoms with Gasteiger partial charge in [0.15, 0.2) is 0 Å². The summed E-state index contributed by atoms with van der Waals surface area (Å²) in [6.07, 6.45) is 6.04. The molecule has 126 valence electrons. The summed E-state index contributed by atoms with van der Waals surface area (Å²) in [5.74, 6) is -0.310. The summed E-state index contributed by atoms with van der Waals surface area (Å²) in [4.78, 5) is 16.6. The maximum Gasteiger partial charge on any atom is 0.348 e. The Bertz CT molecular complexity index is 678. The van der Waals surface area contributed by atoms with Gasteiger partial charge in [0.25, 0.3) is 0 Å². The van der Waals surface area contributed by atoms with Gasteiger partial charge < -0.3 is 9.47 Å². The Kier molecular flexibility index (Phi) is 4.96. The van der Waals surface area contributed by atoms with Crippen molar-refractivity contribution in [3.05, 3.63) is 41.2 Å². The zero-order chi connectivity index (χ0) is 17.0. The van der Waals surface area contributed by atoms with Crippen LogP contribution in [0.5, 0.6) is 0 Å². The van der Waals surface area contributed by atoms with E-state index in [1.165, 1.54) is 0 Å². The van der Waals surface area contributed by atoms with E-state index in [2.05, 4.69) is 11.1 Å². The molecule has 2 heterocycles. The van der Waals surface area contributed by atoms with Gasteiger partial charge >= 0.3 is 5.97 Å². The van der Waals surface area contributed by atoms with Crippen LogP contribution in [0.1, 0.15) is 50.6 Å². The summed E-state index contributed by atoms with van der Waals surface area (Å²) in [6, 6.07) is 7.99. The summed E-state index contributed by atoms with van der Waals surface area (Å²) in [7, 11) is 0. The molecule has 5 nitrogen and oxygen atoms in total. The van der Waals surface area contributed by atoms with Crippen LogP contribution in [0.4, 0.5) is 0 Å². The Balaban J connectivity index is 1.91. The predicted octanol–water partition coefficient (Wildman–Crippen LogP) is 3.28. The summed E-state index contributed by atoms with van der Waals surface area (Å²) in [5, 5.41) is 9.43. The smallest absolute Gasteiger partial charge is 0.348 e. The summed E-state index contributed by atoms with van der Waals surface area (Å²) < 4.78 is 11.3. The lowest BCUT2D eigenvalue weighted by Crippen LogP contribution is -2.40. The predicted molar refractivity (Wildman–Crippen MR) is 88.0 cm³/mol. The number of hydrogen-bond donors (Lipinski definition) is 0. The second kappa shape index (κ2) is 7.14. The lowest BCUT2D eigenvalue weighted by molar-refractivity contribution is -0.138. The van der Waals surface area contributed by atoms with Crippen molar-refractivity contribution in [2.24, 2.45) is 0 Å². The zero-order valence-electron chi connectivity index (χ0n) is 14.0. The number of rotatable bonds is 3. The highest BCUT2D eigenvalue weighted by atomic mass is 16.5. The molecule has 0 aromatic carbocycles. The quantitative estimate of drug-likeness (QED) is 0.484. The highest BCUT2D eigenvalue weighted by Gasteiger charge is 2.48. The van der Waals surface area contributed by atoms with Crippen LogP contribution in [0.15, 0.2) is 35.5 Å². The normalized spacial score (nSPS) is 28.4. The molecular formula is C19H22N2O3. The van der Waals surface area contributed by atoms with E-state index in [1.54, 1.807) is 13.1 Å². The molecule has 1 aliphatic heterocycles. The number of esters is 1. The molecule has 3 rings (SSSR count). The van der Waals surface area contributed by atoms with Crippen LogP contribution < -0.4 is 0 Å². The lowest BCUT2D eigenvalue weighted by atomic mass is 9.79. The second-order valence-corrected chi connectivity index (χ2v) is 6.35. The summed E-state index contributed by atoms with van der Waals surface area (Å²) >= 11 is 0. The maximum absolute atomic E-state index is 12.1. The molecule has 0 radical (unpaired) electrons. The number of ether oxygens (including phenoxy) is 2. The second-order valence-electron chi connectivity index (χ2n) is 6.35. The minimum atomic E-state index is -0.514. The molecule has 1 spiro atoms. The van der Waals surface area contributed by atoms with Crippen LogP contribution in [0, 0.1) is 11.3 Å². The summed E-state index contributed by atoms with van der Waals surface area (Å²) in [6.45, 7) is 2.55. The molecule has 2 unspecified atom stereocenters. The standard InChI is InChI=1S/C19H22N2O3/c1-2-23-18(22)15(13-20)14-8-11-24-19(12-14)9-5-6-16(19)17-7-3-4-10-21-17/h3-4,7,10,16H,2,5-6,8-9,11-12H2,1H3/b15-14+. The minimum absolute atomic E-state index is 0.159. The van der Waals surface area contributed by atoms with Crippen molar-refractivity contribution in [1.82, 2.24) is 4.98 Å². The van der Waals surface area contributed by atoms with E-state index in [0.29, 0.717) is 19.4 Å². The molecule has 5 heteroatoms. The molecule has 1 aromatic rings. The van der Waals surface area contributed by atoms with Gasteiger partial charge in [0.05, 0.1) is 18.8 Å². The lowest BCUT2D eigenvalue weighted by Gasteiger charge is -2.40. The van der Waals surface area contributed by atoms with E-state index in [1.807, 2.05) is 18.2 Å². The van der Waals surface area contributed by atoms with Crippen LogP contribution in [0.25, 0.3) is 0 Å². The van der Waals surface area contributed by atoms with Crippen molar-refractivity contribution in [2.45, 2.75) is 50.5 Å². The molecule has 2 fully saturated rings. The maximum atomic E-state index is 12.1. The molecule has 1 aromatic heterocycles. The van der Waals surface area contributed by atoms with Crippen molar-refractivity contribution in [1.29, 1.82) is 5.26 Å². The minimum Gasteiger partial charge on any atom is -0.462 e. The zero-order valence-corrected chi connectivity index (χ0v) is 14.0. The number of nitriles is 1. The van der Waals surface area contributed by atoms with E-state index in [-0.39, 0.29) is 23.7 Å². The van der Waals surface area contributed by atoms with Crippen LogP contribution in [0.3, 0.4) is 0 Å². The van der Waals surface area contributed by atoms with Gasteiger partial charge in [-0.1, -0.05) is 6.07 Å². The van der Waals surface area contributed by atoms with Gasteiger partial charge in [-0.25, -0.2) is 4.79 Å². The van der Waals surface area contributed by atoms with Gasteiger partial charge in [-0.2, -0.15) is 5.26 Å². The van der Waals surface area contributed by atoms with Gasteiger partial charge in [-0.15, -0.1) is 0 Å². The van der Waals surface area contributed by atoms with Crippen LogP contribution in [-0.2, 0) is 14.3 Å². The SMILES string of the molecule is CCOC(=O)/C(C#N)=C1\CCOC2(CCCC2c2ccccn2)C1. The first kappa shape index (κ1) is 16.7. The molecule has 1 saturated carbocycles. The molecule has 2 aliphatic rings. The third-order valence-electron chi connectivity index (χ3n) is 5.02. The molecule has 24 heavy (non-hydrogen) atoms. The fourth-order valence-electron chi connectivity index (χ4n) is 3.99. The molecular weight excluding hydrogens is 304 g/mol. The van der Waals surface area contributed by atoms with Crippen molar-refractivity contribution >= 4 is 5.97 Å². The average molecular weight is 326 g/mol. The highest BCUT2D eigenvalue weighted by Crippen LogP contribution is 2.50. The number of carbonyl (C=O) groups is 1. The van der Waals surface area contributed by atoms with Crippen LogP contribution in [-0.4, -0.2) is 29.8 Å². The van der Waals surface area contributed by atoms with Crippen molar-refractivity contribution in [3.63, 3.8) is 0 Å². The topological polar surface area (TPSA) is 72.2 Å². The van der Waals surface area contributed by atoms with E-state index < -0.39 is 5.97 Å². The summed E-state index contributed by atoms with van der Waals surface area (Å²) in [5.41, 5.74) is 1.71. The Morgan fingerprint density at radius 2 is 2.42 bits per heavy atom. The molecule has 0 bridgehead atoms. The van der Waals surface area contributed by atoms with Crippen LogP contribution in [0.2, 0.25) is 0 Å². The van der Waals surface area contributed by atoms with E-state index in [0.717, 1.165) is 30.5 Å². The van der Waals surface area contributed by atoms with Crippen molar-refractivity contribution < 1.29 is 14.3 Å². The number of carbonyl (C=O) groups excluding carboxylic acids is 1. The van der Waals surface area contributed by atoms with Crippen molar-refractivity contribution in [3.8, 4) is 6.07 Å². The highest BCUT2D eigenvalue weighted by molar-refractivity contribution is 5.93. The van der Waals surface area contributed by atoms with E-state index in [9.17, 15) is 10.1 Å². The molecule has 0 N–H and O–H groups in total. The third kappa shape index (κ3) is 3.07. The van der Waals surface area contributed by atoms with Crippen molar-refractivity contribution in [2.75, 3.05) is 13.2 Å². The van der Waals surface area contributed by atoms with Gasteiger partial charge in [0.1, 0.15) is 11.6 Å². The Morgan fingerprint density at radius 1 is 1.54 bits per heavy atom. The van der Waals surface area contributed by atoms with Gasteiger partial charge in [0.2, 0.25) is 0 Å². The number of pyridine rings is 1. The first-order valence-corrected chi connectivity index (χ1v) is 8.54. The molecule has 1 aliphatic carbocycles. The monoisotopic (exact) mass is 326 g/mol. The fourth-order valence-corrected chi connectivity index (χ4v) is 3.99. The van der Waals surface area contributed by atoms with Crippen LogP contribution >= 0.6 is 0 Å². The van der Waals surface area contributed by atoms with Gasteiger partial charge in [-0.3, -0.25) is 4.98 Å². The largest absolute Gasteiger partial charge is 0.462 e. The van der Waals surface area contributed by atoms with Gasteiger partial charge in [0, 0.05) is 17.8 Å². The number of hydrogen-bond acceptors (Lipinski definition) is 5. The molecule has 0 amide bonds. The Hall–Kier alpha value is -2.19. The van der Waals surface area contributed by atoms with E-state index in [4.69, 9.17) is 9.47 Å². The number of aromatic nitrogens is 1. The first-order chi connectivity index (χ1) is 11.7. The molecule has 1 saturated heterocycles. The van der Waals surface area contributed by atoms with Gasteiger partial charge in [-0.05, 0) is 56.7 Å². The number of nitrogens with zero attached hydrogens (tertiary/aromatic N) is 2. The fraction of sp³-hybridized carbons (Fsp3) is 0.526. The van der Waals surface area contributed by atoms with E-state index >= 15 is 0 Å². The molecule has 2 atom stereocenters. The average Bonchev–Trinajstić information content (AvgIpc) is 2.99. The Morgan fingerprint density at radius 3 is 3.12 bits per heavy atom. The Labute approximate surface area is 142 Å². The third-order valence-corrected chi connectivity index (χ3v) is 5.02.